The fourth-order valence-corrected chi connectivity index (χ4v) is 4.13. The zero-order valence-corrected chi connectivity index (χ0v) is 16.7. The lowest BCUT2D eigenvalue weighted by Crippen LogP contribution is -2.48. The number of anilines is 1. The van der Waals surface area contributed by atoms with Gasteiger partial charge >= 0.3 is 0 Å². The van der Waals surface area contributed by atoms with Gasteiger partial charge in [-0.3, -0.25) is 9.78 Å². The first-order chi connectivity index (χ1) is 13.5. The molecule has 3 aromatic rings. The van der Waals surface area contributed by atoms with Crippen LogP contribution in [0, 0.1) is 12.8 Å². The Labute approximate surface area is 165 Å². The zero-order valence-electron chi connectivity index (χ0n) is 16.7. The number of aromatic amines is 1. The third-order valence-electron chi connectivity index (χ3n) is 5.44. The molecule has 0 radical (unpaired) electrons. The number of piperidine rings is 1. The maximum absolute atomic E-state index is 12.3. The number of carbonyl (C=O) groups excluding carboxylic acids is 1. The molecule has 0 spiro atoms. The predicted molar refractivity (Wildman–Crippen MR) is 112 cm³/mol. The Kier molecular flexibility index (Phi) is 5.03. The molecular weight excluding hydrogens is 350 g/mol. The number of carbonyl (C=O) groups is 1. The molecule has 0 saturated carbocycles. The lowest BCUT2D eigenvalue weighted by Gasteiger charge is -2.37. The maximum Gasteiger partial charge on any atom is 0.222 e. The van der Waals surface area contributed by atoms with E-state index in [0.717, 1.165) is 53.1 Å². The summed E-state index contributed by atoms with van der Waals surface area (Å²) in [5, 5.41) is 4.79. The average Bonchev–Trinajstić information content (AvgIpc) is 3.16. The highest BCUT2D eigenvalue weighted by Crippen LogP contribution is 2.34. The summed E-state index contributed by atoms with van der Waals surface area (Å²) in [6.07, 6.45) is 7.20. The quantitative estimate of drug-likeness (QED) is 0.721. The Bertz CT molecular complexity index is 996. The molecule has 0 unspecified atom stereocenters. The molecule has 2 atom stereocenters. The molecule has 4 rings (SSSR count). The standard InChI is InChI=1S/C22H27N5O/c1-4-20(28)27-12-15(3)9-16(13-27)26-21-17-6-8-24-22(17)25-11-18(21)19-10-14(2)5-7-23-19/h5-8,10-11,15-16H,4,9,12-13H2,1-3H3,(H2,24,25,26)/t15-,16+/m0/s1. The zero-order chi connectivity index (χ0) is 19.7. The number of nitrogens with one attached hydrogen (secondary N) is 2. The molecule has 0 aliphatic carbocycles. The number of rotatable bonds is 4. The van der Waals surface area contributed by atoms with E-state index in [4.69, 9.17) is 0 Å². The molecule has 0 bridgehead atoms. The molecule has 2 N–H and O–H groups in total. The van der Waals surface area contributed by atoms with E-state index in [2.05, 4.69) is 40.2 Å². The number of aryl methyl sites for hydroxylation is 1. The van der Waals surface area contributed by atoms with Gasteiger partial charge in [-0.05, 0) is 43.0 Å². The monoisotopic (exact) mass is 377 g/mol. The minimum atomic E-state index is 0.198. The number of hydrogen-bond donors (Lipinski definition) is 2. The van der Waals surface area contributed by atoms with Crippen LogP contribution in [0.5, 0.6) is 0 Å². The van der Waals surface area contributed by atoms with Crippen molar-refractivity contribution >= 4 is 22.6 Å². The van der Waals surface area contributed by atoms with E-state index < -0.39 is 0 Å². The summed E-state index contributed by atoms with van der Waals surface area (Å²) in [5.74, 6) is 0.686. The number of fused-ring (bicyclic) bond motifs is 1. The van der Waals surface area contributed by atoms with E-state index >= 15 is 0 Å². The molecule has 1 aliphatic heterocycles. The number of pyridine rings is 2. The van der Waals surface area contributed by atoms with Crippen LogP contribution in [0.15, 0.2) is 36.8 Å². The maximum atomic E-state index is 12.3. The van der Waals surface area contributed by atoms with E-state index in [0.29, 0.717) is 12.3 Å². The van der Waals surface area contributed by atoms with Crippen LogP contribution < -0.4 is 5.32 Å². The van der Waals surface area contributed by atoms with Gasteiger partial charge in [0.05, 0.1) is 11.4 Å². The summed E-state index contributed by atoms with van der Waals surface area (Å²) in [6, 6.07) is 6.32. The SMILES string of the molecule is CCC(=O)N1C[C@@H](C)C[C@@H](Nc2c(-c3cc(C)ccn3)cnc3[nH]ccc23)C1. The Morgan fingerprint density at radius 2 is 2.18 bits per heavy atom. The van der Waals surface area contributed by atoms with Crippen molar-refractivity contribution < 1.29 is 4.79 Å². The van der Waals surface area contributed by atoms with E-state index in [1.165, 1.54) is 0 Å². The Hall–Kier alpha value is -2.89. The number of hydrogen-bond acceptors (Lipinski definition) is 4. The summed E-state index contributed by atoms with van der Waals surface area (Å²) in [4.78, 5) is 26.6. The largest absolute Gasteiger partial charge is 0.379 e. The Morgan fingerprint density at radius 3 is 2.96 bits per heavy atom. The van der Waals surface area contributed by atoms with Crippen LogP contribution in [0.25, 0.3) is 22.3 Å². The molecule has 1 amide bonds. The Morgan fingerprint density at radius 1 is 1.32 bits per heavy atom. The second kappa shape index (κ2) is 7.62. The minimum Gasteiger partial charge on any atom is -0.379 e. The fourth-order valence-electron chi connectivity index (χ4n) is 4.13. The van der Waals surface area contributed by atoms with Gasteiger partial charge in [0.2, 0.25) is 5.91 Å². The van der Waals surface area contributed by atoms with Crippen molar-refractivity contribution in [3.63, 3.8) is 0 Å². The van der Waals surface area contributed by atoms with Crippen molar-refractivity contribution in [1.29, 1.82) is 0 Å². The second-order valence-electron chi connectivity index (χ2n) is 7.84. The smallest absolute Gasteiger partial charge is 0.222 e. The first-order valence-corrected chi connectivity index (χ1v) is 9.98. The van der Waals surface area contributed by atoms with Gasteiger partial charge in [-0.25, -0.2) is 4.98 Å². The minimum absolute atomic E-state index is 0.198. The summed E-state index contributed by atoms with van der Waals surface area (Å²) in [5.41, 5.74) is 4.94. The molecule has 1 fully saturated rings. The Balaban J connectivity index is 1.72. The van der Waals surface area contributed by atoms with Crippen molar-refractivity contribution in [3.8, 4) is 11.3 Å². The van der Waals surface area contributed by atoms with Gasteiger partial charge in [0.15, 0.2) is 0 Å². The third kappa shape index (κ3) is 3.59. The number of aromatic nitrogens is 3. The predicted octanol–water partition coefficient (Wildman–Crippen LogP) is 3.99. The van der Waals surface area contributed by atoms with Gasteiger partial charge in [0, 0.05) is 55.1 Å². The first kappa shape index (κ1) is 18.5. The second-order valence-corrected chi connectivity index (χ2v) is 7.84. The van der Waals surface area contributed by atoms with Crippen molar-refractivity contribution in [1.82, 2.24) is 19.9 Å². The van der Waals surface area contributed by atoms with Crippen molar-refractivity contribution in [2.75, 3.05) is 18.4 Å². The molecule has 1 aliphatic rings. The van der Waals surface area contributed by atoms with Crippen LogP contribution >= 0.6 is 0 Å². The molecule has 1 saturated heterocycles. The van der Waals surface area contributed by atoms with Crippen LogP contribution in [0.2, 0.25) is 0 Å². The summed E-state index contributed by atoms with van der Waals surface area (Å²) < 4.78 is 0. The molecule has 6 nitrogen and oxygen atoms in total. The van der Waals surface area contributed by atoms with Gasteiger partial charge in [-0.15, -0.1) is 0 Å². The van der Waals surface area contributed by atoms with E-state index in [1.807, 2.05) is 42.5 Å². The van der Waals surface area contributed by atoms with Crippen molar-refractivity contribution in [2.45, 2.75) is 39.7 Å². The van der Waals surface area contributed by atoms with Crippen LogP contribution in [0.4, 0.5) is 5.69 Å². The van der Waals surface area contributed by atoms with Gasteiger partial charge in [-0.2, -0.15) is 0 Å². The van der Waals surface area contributed by atoms with Crippen LogP contribution in [-0.2, 0) is 4.79 Å². The molecular formula is C22H27N5O. The van der Waals surface area contributed by atoms with Crippen LogP contribution in [-0.4, -0.2) is 44.9 Å². The summed E-state index contributed by atoms with van der Waals surface area (Å²) in [7, 11) is 0. The molecule has 28 heavy (non-hydrogen) atoms. The number of H-pyrrole nitrogens is 1. The highest BCUT2D eigenvalue weighted by atomic mass is 16.2. The van der Waals surface area contributed by atoms with Crippen LogP contribution in [0.1, 0.15) is 32.3 Å². The molecule has 6 heteroatoms. The number of amides is 1. The highest BCUT2D eigenvalue weighted by molar-refractivity contribution is 5.97. The van der Waals surface area contributed by atoms with Crippen LogP contribution in [0.3, 0.4) is 0 Å². The molecule has 0 aromatic carbocycles. The van der Waals surface area contributed by atoms with Crippen molar-refractivity contribution in [3.05, 3.63) is 42.4 Å². The van der Waals surface area contributed by atoms with Gasteiger partial charge in [-0.1, -0.05) is 13.8 Å². The van der Waals surface area contributed by atoms with E-state index in [-0.39, 0.29) is 11.9 Å². The molecule has 4 heterocycles. The van der Waals surface area contributed by atoms with E-state index in [1.54, 1.807) is 0 Å². The summed E-state index contributed by atoms with van der Waals surface area (Å²) >= 11 is 0. The fraction of sp³-hybridized carbons (Fsp3) is 0.409. The lowest BCUT2D eigenvalue weighted by molar-refractivity contribution is -0.132. The number of likely N-dealkylation sites (tertiary alicyclic amines) is 1. The normalized spacial score (nSPS) is 19.8. The van der Waals surface area contributed by atoms with Crippen molar-refractivity contribution in [2.24, 2.45) is 5.92 Å². The molecule has 146 valence electrons. The average molecular weight is 377 g/mol. The number of nitrogens with zero attached hydrogens (tertiary/aromatic N) is 3. The van der Waals surface area contributed by atoms with Gasteiger partial charge < -0.3 is 15.2 Å². The first-order valence-electron chi connectivity index (χ1n) is 9.98. The topological polar surface area (TPSA) is 73.9 Å². The molecule has 3 aromatic heterocycles. The van der Waals surface area contributed by atoms with Gasteiger partial charge in [0.1, 0.15) is 5.65 Å². The highest BCUT2D eigenvalue weighted by Gasteiger charge is 2.28. The lowest BCUT2D eigenvalue weighted by atomic mass is 9.94. The summed E-state index contributed by atoms with van der Waals surface area (Å²) in [6.45, 7) is 7.78. The van der Waals surface area contributed by atoms with Gasteiger partial charge in [0.25, 0.3) is 0 Å². The third-order valence-corrected chi connectivity index (χ3v) is 5.44. The van der Waals surface area contributed by atoms with E-state index in [9.17, 15) is 4.79 Å².